The molecule has 0 radical (unpaired) electrons. The van der Waals surface area contributed by atoms with E-state index in [-0.39, 0.29) is 17.3 Å². The minimum Gasteiger partial charge on any atom is -0.465 e. The second kappa shape index (κ2) is 13.0. The number of carbonyl (C=O) groups is 1. The molecular weight excluding hydrogens is 478 g/mol. The first-order valence-corrected chi connectivity index (χ1v) is 14.3. The van der Waals surface area contributed by atoms with E-state index in [0.29, 0.717) is 16.5 Å². The first-order valence-electron chi connectivity index (χ1n) is 11.8. The van der Waals surface area contributed by atoms with Crippen molar-refractivity contribution in [2.45, 2.75) is 74.7 Å². The number of aliphatic hydroxyl groups excluding tert-OH is 1. The number of aliphatic hydroxyl groups is 1. The number of rotatable bonds is 12. The number of carbonyl (C=O) groups excluding carboxylic acids is 1. The Morgan fingerprint density at radius 2 is 2.18 bits per heavy atom. The molecule has 5 atom stereocenters. The molecular formula is C25H34ClNO4S2. The Bertz CT molecular complexity index is 935. The van der Waals surface area contributed by atoms with Gasteiger partial charge in [0.2, 0.25) is 0 Å². The van der Waals surface area contributed by atoms with Gasteiger partial charge in [-0.05, 0) is 68.1 Å². The van der Waals surface area contributed by atoms with E-state index in [1.54, 1.807) is 6.20 Å². The number of thiazole rings is 1. The summed E-state index contributed by atoms with van der Waals surface area (Å²) in [5.41, 5.74) is 0.842. The molecule has 5 nitrogen and oxygen atoms in total. The van der Waals surface area contributed by atoms with Gasteiger partial charge in [-0.25, -0.2) is 9.78 Å². The van der Waals surface area contributed by atoms with E-state index in [1.807, 2.05) is 24.3 Å². The molecule has 1 aliphatic rings. The summed E-state index contributed by atoms with van der Waals surface area (Å²) < 4.78 is 17.9. The maximum atomic E-state index is 13.2. The number of hydrogen-bond acceptors (Lipinski definition) is 6. The van der Waals surface area contributed by atoms with Crippen LogP contribution in [0.1, 0.15) is 78.2 Å². The average molecular weight is 512 g/mol. The standard InChI is InChI=1S/C25H34ClNO4S2/c1-3-4-10-22(28)18-8-5-9-19(14-18)33(30)16-20-17(12-13-21(20)26)7-6-11-24-27-15-23(32-24)25(29)31-2/h5,8-9,14-15,17,20-22,28H,3-4,6-7,10-13,16H2,1-2H3/t17-,20?,21?,22?,33?/m0/s1. The number of alkyl halides is 1. The van der Waals surface area contributed by atoms with Crippen molar-refractivity contribution in [1.29, 1.82) is 0 Å². The van der Waals surface area contributed by atoms with E-state index < -0.39 is 16.9 Å². The van der Waals surface area contributed by atoms with Gasteiger partial charge in [0, 0.05) is 16.0 Å². The highest BCUT2D eigenvalue weighted by molar-refractivity contribution is 7.85. The van der Waals surface area contributed by atoms with Gasteiger partial charge >= 0.3 is 5.97 Å². The summed E-state index contributed by atoms with van der Waals surface area (Å²) >= 11 is 8.04. The van der Waals surface area contributed by atoms with Gasteiger partial charge in [0.05, 0.1) is 35.2 Å². The number of aryl methyl sites for hydroxylation is 1. The van der Waals surface area contributed by atoms with Crippen LogP contribution in [0.5, 0.6) is 0 Å². The van der Waals surface area contributed by atoms with Crippen LogP contribution in [0, 0.1) is 11.8 Å². The summed E-state index contributed by atoms with van der Waals surface area (Å²) in [4.78, 5) is 17.2. The quantitative estimate of drug-likeness (QED) is 0.283. The lowest BCUT2D eigenvalue weighted by molar-refractivity contribution is 0.0606. The Morgan fingerprint density at radius 1 is 1.36 bits per heavy atom. The molecule has 2 aromatic rings. The highest BCUT2D eigenvalue weighted by atomic mass is 35.5. The number of methoxy groups -OCH3 is 1. The van der Waals surface area contributed by atoms with Crippen molar-refractivity contribution in [3.8, 4) is 0 Å². The molecule has 1 fully saturated rings. The van der Waals surface area contributed by atoms with Crippen molar-refractivity contribution >= 4 is 39.7 Å². The van der Waals surface area contributed by atoms with Crippen LogP contribution < -0.4 is 0 Å². The van der Waals surface area contributed by atoms with Crippen molar-refractivity contribution in [3.63, 3.8) is 0 Å². The van der Waals surface area contributed by atoms with Crippen LogP contribution in [0.25, 0.3) is 0 Å². The summed E-state index contributed by atoms with van der Waals surface area (Å²) in [6, 6.07) is 7.58. The molecule has 1 aliphatic carbocycles. The molecule has 182 valence electrons. The van der Waals surface area contributed by atoms with Gasteiger partial charge in [0.15, 0.2) is 0 Å². The van der Waals surface area contributed by atoms with Crippen LogP contribution in [-0.4, -0.2) is 38.5 Å². The predicted octanol–water partition coefficient (Wildman–Crippen LogP) is 5.92. The van der Waals surface area contributed by atoms with E-state index in [1.165, 1.54) is 18.4 Å². The van der Waals surface area contributed by atoms with Gasteiger partial charge in [0.1, 0.15) is 4.88 Å². The van der Waals surface area contributed by atoms with E-state index >= 15 is 0 Å². The molecule has 1 heterocycles. The summed E-state index contributed by atoms with van der Waals surface area (Å²) in [6.07, 6.45) is 8.60. The number of esters is 1. The van der Waals surface area contributed by atoms with Crippen molar-refractivity contribution in [2.24, 2.45) is 11.8 Å². The zero-order valence-corrected chi connectivity index (χ0v) is 21.8. The third-order valence-electron chi connectivity index (χ3n) is 6.47. The summed E-state index contributed by atoms with van der Waals surface area (Å²) in [6.45, 7) is 2.11. The maximum absolute atomic E-state index is 13.2. The third kappa shape index (κ3) is 7.35. The zero-order chi connectivity index (χ0) is 23.8. The Balaban J connectivity index is 1.55. The number of ether oxygens (including phenoxy) is 1. The second-order valence-corrected chi connectivity index (χ2v) is 11.9. The summed E-state index contributed by atoms with van der Waals surface area (Å²) in [7, 11) is 0.225. The Kier molecular flexibility index (Phi) is 10.4. The SMILES string of the molecule is CCCCC(O)c1cccc(S(=O)CC2C(Cl)CC[C@@H]2CCCc2ncc(C(=O)OC)s2)c1. The first-order chi connectivity index (χ1) is 15.9. The lowest BCUT2D eigenvalue weighted by atomic mass is 9.92. The van der Waals surface area contributed by atoms with E-state index in [9.17, 15) is 14.1 Å². The maximum Gasteiger partial charge on any atom is 0.349 e. The molecule has 4 unspecified atom stereocenters. The average Bonchev–Trinajstić information content (AvgIpc) is 3.44. The minimum absolute atomic E-state index is 0.0445. The molecule has 3 rings (SSSR count). The zero-order valence-electron chi connectivity index (χ0n) is 19.4. The smallest absolute Gasteiger partial charge is 0.349 e. The Morgan fingerprint density at radius 3 is 2.94 bits per heavy atom. The second-order valence-electron chi connectivity index (χ2n) is 8.76. The number of hydrogen-bond donors (Lipinski definition) is 1. The van der Waals surface area contributed by atoms with Crippen molar-refractivity contribution in [2.75, 3.05) is 12.9 Å². The fraction of sp³-hybridized carbons (Fsp3) is 0.600. The number of unbranched alkanes of at least 4 members (excludes halogenated alkanes) is 1. The minimum atomic E-state index is -1.15. The molecule has 1 aromatic heterocycles. The van der Waals surface area contributed by atoms with Crippen LogP contribution in [0.2, 0.25) is 0 Å². The van der Waals surface area contributed by atoms with Crippen molar-refractivity contribution < 1.29 is 18.8 Å². The normalized spacial score (nSPS) is 22.2. The first kappa shape index (κ1) is 26.3. The molecule has 1 saturated carbocycles. The number of halogens is 1. The van der Waals surface area contributed by atoms with E-state index in [0.717, 1.165) is 66.8 Å². The van der Waals surface area contributed by atoms with Crippen molar-refractivity contribution in [1.82, 2.24) is 4.98 Å². The van der Waals surface area contributed by atoms with Crippen LogP contribution in [-0.2, 0) is 22.0 Å². The van der Waals surface area contributed by atoms with Gasteiger partial charge in [-0.2, -0.15) is 0 Å². The number of aromatic nitrogens is 1. The highest BCUT2D eigenvalue weighted by Crippen LogP contribution is 2.40. The van der Waals surface area contributed by atoms with Crippen molar-refractivity contribution in [3.05, 3.63) is 45.9 Å². The van der Waals surface area contributed by atoms with Crippen LogP contribution in [0.15, 0.2) is 35.4 Å². The topological polar surface area (TPSA) is 76.5 Å². The van der Waals surface area contributed by atoms with Crippen LogP contribution in [0.4, 0.5) is 0 Å². The Labute approximate surface area is 208 Å². The van der Waals surface area contributed by atoms with Crippen LogP contribution >= 0.6 is 22.9 Å². The van der Waals surface area contributed by atoms with Gasteiger partial charge in [0.25, 0.3) is 0 Å². The molecule has 0 bridgehead atoms. The highest BCUT2D eigenvalue weighted by Gasteiger charge is 2.35. The van der Waals surface area contributed by atoms with E-state index in [2.05, 4.69) is 11.9 Å². The van der Waals surface area contributed by atoms with Gasteiger partial charge < -0.3 is 9.84 Å². The molecule has 8 heteroatoms. The molecule has 0 aliphatic heterocycles. The van der Waals surface area contributed by atoms with Crippen LogP contribution in [0.3, 0.4) is 0 Å². The fourth-order valence-corrected chi connectivity index (χ4v) is 7.48. The monoisotopic (exact) mass is 511 g/mol. The lowest BCUT2D eigenvalue weighted by Gasteiger charge is -2.21. The number of benzene rings is 1. The summed E-state index contributed by atoms with van der Waals surface area (Å²) in [5, 5.41) is 11.4. The lowest BCUT2D eigenvalue weighted by Crippen LogP contribution is -2.22. The molecule has 0 spiro atoms. The fourth-order valence-electron chi connectivity index (χ4n) is 4.53. The van der Waals surface area contributed by atoms with Gasteiger partial charge in [-0.15, -0.1) is 22.9 Å². The predicted molar refractivity (Wildman–Crippen MR) is 134 cm³/mol. The van der Waals surface area contributed by atoms with Gasteiger partial charge in [-0.1, -0.05) is 31.9 Å². The Hall–Kier alpha value is -1.28. The largest absolute Gasteiger partial charge is 0.465 e. The molecule has 1 aromatic carbocycles. The third-order valence-corrected chi connectivity index (χ3v) is 9.52. The number of nitrogens with zero attached hydrogens (tertiary/aromatic N) is 1. The molecule has 0 amide bonds. The molecule has 1 N–H and O–H groups in total. The van der Waals surface area contributed by atoms with Gasteiger partial charge in [-0.3, -0.25) is 4.21 Å². The summed E-state index contributed by atoms with van der Waals surface area (Å²) in [5.74, 6) is 0.860. The molecule has 0 saturated heterocycles. The van der Waals surface area contributed by atoms with E-state index in [4.69, 9.17) is 16.3 Å². The molecule has 33 heavy (non-hydrogen) atoms.